The van der Waals surface area contributed by atoms with Crippen LogP contribution in [0.25, 0.3) is 0 Å². The highest BCUT2D eigenvalue weighted by Crippen LogP contribution is 2.25. The van der Waals surface area contributed by atoms with Gasteiger partial charge < -0.3 is 9.80 Å². The van der Waals surface area contributed by atoms with Gasteiger partial charge in [-0.15, -0.1) is 0 Å². The van der Waals surface area contributed by atoms with Crippen LogP contribution in [-0.4, -0.2) is 51.0 Å². The van der Waals surface area contributed by atoms with Crippen molar-refractivity contribution in [3.05, 3.63) is 29.8 Å². The van der Waals surface area contributed by atoms with E-state index < -0.39 is 15.3 Å². The van der Waals surface area contributed by atoms with E-state index >= 15 is 0 Å². The Morgan fingerprint density at radius 1 is 1.38 bits per heavy atom. The van der Waals surface area contributed by atoms with E-state index in [1.807, 2.05) is 0 Å². The SMILES string of the molecule is CN(C)C(=O)c1cccc(N2CC(S(N)(=O)=O)CC2=O)c1. The minimum absolute atomic E-state index is 0.0112. The Morgan fingerprint density at radius 3 is 2.57 bits per heavy atom. The number of anilines is 1. The van der Waals surface area contributed by atoms with Crippen LogP contribution in [0.2, 0.25) is 0 Å². The van der Waals surface area contributed by atoms with Crippen LogP contribution in [0, 0.1) is 0 Å². The maximum absolute atomic E-state index is 12.0. The highest BCUT2D eigenvalue weighted by molar-refractivity contribution is 7.89. The zero-order valence-corrected chi connectivity index (χ0v) is 12.6. The number of carbonyl (C=O) groups is 2. The number of amides is 2. The number of nitrogens with zero attached hydrogens (tertiary/aromatic N) is 2. The van der Waals surface area contributed by atoms with Crippen LogP contribution >= 0.6 is 0 Å². The molecule has 0 aromatic heterocycles. The third kappa shape index (κ3) is 3.22. The first kappa shape index (κ1) is 15.5. The summed E-state index contributed by atoms with van der Waals surface area (Å²) in [5, 5.41) is 4.19. The molecule has 1 heterocycles. The fourth-order valence-electron chi connectivity index (χ4n) is 2.21. The van der Waals surface area contributed by atoms with Gasteiger partial charge in [-0.25, -0.2) is 13.6 Å². The molecule has 0 aliphatic carbocycles. The average molecular weight is 311 g/mol. The highest BCUT2D eigenvalue weighted by atomic mass is 32.2. The zero-order valence-electron chi connectivity index (χ0n) is 11.8. The van der Waals surface area contributed by atoms with E-state index in [0.29, 0.717) is 11.3 Å². The van der Waals surface area contributed by atoms with Crippen LogP contribution in [0.4, 0.5) is 5.69 Å². The van der Waals surface area contributed by atoms with E-state index in [4.69, 9.17) is 5.14 Å². The number of nitrogens with two attached hydrogens (primary N) is 1. The normalized spacial score (nSPS) is 18.9. The van der Waals surface area contributed by atoms with Crippen molar-refractivity contribution < 1.29 is 18.0 Å². The number of benzene rings is 1. The lowest BCUT2D eigenvalue weighted by atomic mass is 10.1. The molecule has 0 radical (unpaired) electrons. The molecule has 21 heavy (non-hydrogen) atoms. The molecule has 1 aliphatic rings. The van der Waals surface area contributed by atoms with Crippen molar-refractivity contribution in [2.75, 3.05) is 25.5 Å². The number of primary sulfonamides is 1. The Morgan fingerprint density at radius 2 is 2.05 bits per heavy atom. The van der Waals surface area contributed by atoms with Crippen LogP contribution < -0.4 is 10.0 Å². The minimum atomic E-state index is -3.75. The molecule has 114 valence electrons. The first-order valence-corrected chi connectivity index (χ1v) is 7.95. The van der Waals surface area contributed by atoms with Crippen molar-refractivity contribution in [1.82, 2.24) is 4.90 Å². The second-order valence-corrected chi connectivity index (χ2v) is 7.01. The second kappa shape index (κ2) is 5.45. The maximum atomic E-state index is 12.0. The Hall–Kier alpha value is -1.93. The summed E-state index contributed by atoms with van der Waals surface area (Å²) >= 11 is 0. The molecule has 0 saturated carbocycles. The van der Waals surface area contributed by atoms with Crippen molar-refractivity contribution in [2.24, 2.45) is 5.14 Å². The summed E-state index contributed by atoms with van der Waals surface area (Å²) < 4.78 is 22.7. The molecule has 7 nitrogen and oxygen atoms in total. The van der Waals surface area contributed by atoms with Gasteiger partial charge in [-0.2, -0.15) is 0 Å². The Balaban J connectivity index is 2.29. The molecule has 0 spiro atoms. The molecule has 2 amide bonds. The molecular weight excluding hydrogens is 294 g/mol. The molecule has 1 fully saturated rings. The molecule has 1 aliphatic heterocycles. The van der Waals surface area contributed by atoms with E-state index in [9.17, 15) is 18.0 Å². The topological polar surface area (TPSA) is 101 Å². The van der Waals surface area contributed by atoms with Crippen LogP contribution in [-0.2, 0) is 14.8 Å². The standard InChI is InChI=1S/C13H17N3O4S/c1-15(2)13(18)9-4-3-5-10(6-9)16-8-11(7-12(16)17)21(14,19)20/h3-6,11H,7-8H2,1-2H3,(H2,14,19,20). The lowest BCUT2D eigenvalue weighted by Gasteiger charge is -2.18. The fraction of sp³-hybridized carbons (Fsp3) is 0.385. The van der Waals surface area contributed by atoms with E-state index in [-0.39, 0.29) is 24.8 Å². The third-order valence-electron chi connectivity index (χ3n) is 3.37. The molecule has 1 saturated heterocycles. The first-order chi connectivity index (χ1) is 9.70. The highest BCUT2D eigenvalue weighted by Gasteiger charge is 2.37. The molecule has 1 unspecified atom stereocenters. The summed E-state index contributed by atoms with van der Waals surface area (Å²) in [7, 11) is -0.490. The summed E-state index contributed by atoms with van der Waals surface area (Å²) in [4.78, 5) is 26.7. The second-order valence-electron chi connectivity index (χ2n) is 5.17. The van der Waals surface area contributed by atoms with E-state index in [2.05, 4.69) is 0 Å². The van der Waals surface area contributed by atoms with Crippen molar-refractivity contribution in [1.29, 1.82) is 0 Å². The number of hydrogen-bond donors (Lipinski definition) is 1. The lowest BCUT2D eigenvalue weighted by molar-refractivity contribution is -0.117. The first-order valence-electron chi connectivity index (χ1n) is 6.34. The average Bonchev–Trinajstić information content (AvgIpc) is 2.80. The molecule has 0 bridgehead atoms. The van der Waals surface area contributed by atoms with Crippen molar-refractivity contribution in [3.8, 4) is 0 Å². The van der Waals surface area contributed by atoms with Crippen LogP contribution in [0.5, 0.6) is 0 Å². The number of hydrogen-bond acceptors (Lipinski definition) is 4. The van der Waals surface area contributed by atoms with Gasteiger partial charge in [0.25, 0.3) is 5.91 Å². The fourth-order valence-corrected chi connectivity index (χ4v) is 2.94. The van der Waals surface area contributed by atoms with Crippen LogP contribution in [0.3, 0.4) is 0 Å². The van der Waals surface area contributed by atoms with Gasteiger partial charge in [0.05, 0.1) is 0 Å². The summed E-state index contributed by atoms with van der Waals surface area (Å²) in [5.41, 5.74) is 0.934. The molecule has 8 heteroatoms. The number of sulfonamides is 1. The summed E-state index contributed by atoms with van der Waals surface area (Å²) in [6.45, 7) is 0.0112. The molecule has 1 atom stereocenters. The van der Waals surface area contributed by atoms with Gasteiger partial charge in [0.15, 0.2) is 0 Å². The van der Waals surface area contributed by atoms with Crippen molar-refractivity contribution in [2.45, 2.75) is 11.7 Å². The van der Waals surface area contributed by atoms with E-state index in [0.717, 1.165) is 0 Å². The Bertz CT molecular complexity index is 684. The summed E-state index contributed by atoms with van der Waals surface area (Å²) in [6.07, 6.45) is -0.134. The zero-order chi connectivity index (χ0) is 15.8. The monoisotopic (exact) mass is 311 g/mol. The number of carbonyl (C=O) groups excluding carboxylic acids is 2. The summed E-state index contributed by atoms with van der Waals surface area (Å²) in [5.74, 6) is -0.505. The van der Waals surface area contributed by atoms with Gasteiger partial charge in [-0.05, 0) is 18.2 Å². The minimum Gasteiger partial charge on any atom is -0.345 e. The van der Waals surface area contributed by atoms with Crippen molar-refractivity contribution >= 4 is 27.5 Å². The predicted octanol–water partition coefficient (Wildman–Crippen LogP) is -0.218. The van der Waals surface area contributed by atoms with E-state index in [1.165, 1.54) is 9.80 Å². The van der Waals surface area contributed by atoms with Gasteiger partial charge in [0, 0.05) is 38.3 Å². The number of rotatable bonds is 3. The smallest absolute Gasteiger partial charge is 0.253 e. The van der Waals surface area contributed by atoms with Gasteiger partial charge in [0.1, 0.15) is 5.25 Å². The van der Waals surface area contributed by atoms with Gasteiger partial charge >= 0.3 is 0 Å². The molecule has 2 rings (SSSR count). The van der Waals surface area contributed by atoms with E-state index in [1.54, 1.807) is 38.4 Å². The Kier molecular flexibility index (Phi) is 4.02. The maximum Gasteiger partial charge on any atom is 0.253 e. The third-order valence-corrected chi connectivity index (χ3v) is 4.61. The Labute approximate surface area is 123 Å². The van der Waals surface area contributed by atoms with Crippen LogP contribution in [0.1, 0.15) is 16.8 Å². The largest absolute Gasteiger partial charge is 0.345 e. The molecular formula is C13H17N3O4S. The summed E-state index contributed by atoms with van der Waals surface area (Å²) in [6, 6.07) is 6.54. The van der Waals surface area contributed by atoms with Crippen molar-refractivity contribution in [3.63, 3.8) is 0 Å². The quantitative estimate of drug-likeness (QED) is 0.834. The van der Waals surface area contributed by atoms with Gasteiger partial charge in [-0.1, -0.05) is 6.07 Å². The predicted molar refractivity (Wildman–Crippen MR) is 78.3 cm³/mol. The molecule has 2 N–H and O–H groups in total. The molecule has 1 aromatic carbocycles. The van der Waals surface area contributed by atoms with Gasteiger partial charge in [-0.3, -0.25) is 9.59 Å². The lowest BCUT2D eigenvalue weighted by Crippen LogP contribution is -2.32. The molecule has 1 aromatic rings. The van der Waals surface area contributed by atoms with Gasteiger partial charge in [0.2, 0.25) is 15.9 Å². The van der Waals surface area contributed by atoms with Crippen LogP contribution in [0.15, 0.2) is 24.3 Å².